The van der Waals surface area contributed by atoms with Gasteiger partial charge in [-0.1, -0.05) is 13.0 Å². The van der Waals surface area contributed by atoms with Crippen LogP contribution in [0.15, 0.2) is 17.5 Å². The number of hydrogen-bond acceptors (Lipinski definition) is 3. The zero-order valence-electron chi connectivity index (χ0n) is 8.25. The lowest BCUT2D eigenvalue weighted by Crippen LogP contribution is -2.24. The monoisotopic (exact) mass is 215 g/mol. The Labute approximate surface area is 88.9 Å². The van der Waals surface area contributed by atoms with Crippen LogP contribution >= 0.6 is 23.1 Å². The van der Waals surface area contributed by atoms with Gasteiger partial charge in [-0.05, 0) is 30.7 Å². The summed E-state index contributed by atoms with van der Waals surface area (Å²) in [7, 11) is 0. The van der Waals surface area contributed by atoms with Crippen LogP contribution in [0.1, 0.15) is 11.8 Å². The van der Waals surface area contributed by atoms with Crippen molar-refractivity contribution in [2.24, 2.45) is 0 Å². The van der Waals surface area contributed by atoms with Gasteiger partial charge in [-0.25, -0.2) is 0 Å². The summed E-state index contributed by atoms with van der Waals surface area (Å²) in [5, 5.41) is 6.32. The third-order valence-corrected chi connectivity index (χ3v) is 3.87. The summed E-state index contributed by atoms with van der Waals surface area (Å²) in [5.74, 6) is 0. The van der Waals surface area contributed by atoms with Crippen molar-refractivity contribution in [3.63, 3.8) is 0 Å². The lowest BCUT2D eigenvalue weighted by Gasteiger charge is -2.08. The maximum atomic E-state index is 3.46. The molecule has 1 unspecified atom stereocenters. The first-order valence-corrected chi connectivity index (χ1v) is 6.75. The Kier molecular flexibility index (Phi) is 5.51. The summed E-state index contributed by atoms with van der Waals surface area (Å²) in [5.41, 5.74) is 0. The molecular weight excluding hydrogens is 198 g/mol. The third kappa shape index (κ3) is 4.69. The van der Waals surface area contributed by atoms with Crippen LogP contribution in [-0.2, 0) is 6.42 Å². The molecule has 0 bridgehead atoms. The standard InChI is InChI=1S/C10H17NS2/c1-9(12-2)8-11-6-5-10-4-3-7-13-10/h3-4,7,9,11H,5-6,8H2,1-2H3. The molecule has 0 aliphatic heterocycles. The van der Waals surface area contributed by atoms with Crippen LogP contribution in [0.3, 0.4) is 0 Å². The van der Waals surface area contributed by atoms with Crippen LogP contribution in [0.4, 0.5) is 0 Å². The molecule has 0 radical (unpaired) electrons. The van der Waals surface area contributed by atoms with Gasteiger partial charge in [0.2, 0.25) is 0 Å². The molecule has 0 amide bonds. The van der Waals surface area contributed by atoms with Gasteiger partial charge < -0.3 is 5.32 Å². The number of thiophene rings is 1. The summed E-state index contributed by atoms with van der Waals surface area (Å²) in [6, 6.07) is 4.31. The summed E-state index contributed by atoms with van der Waals surface area (Å²) in [6.07, 6.45) is 3.32. The van der Waals surface area contributed by atoms with E-state index in [1.54, 1.807) is 0 Å². The largest absolute Gasteiger partial charge is 0.315 e. The van der Waals surface area contributed by atoms with Crippen LogP contribution < -0.4 is 5.32 Å². The summed E-state index contributed by atoms with van der Waals surface area (Å²) in [6.45, 7) is 4.47. The van der Waals surface area contributed by atoms with Crippen molar-refractivity contribution in [1.82, 2.24) is 5.32 Å². The molecule has 1 atom stereocenters. The van der Waals surface area contributed by atoms with Crippen molar-refractivity contribution in [2.45, 2.75) is 18.6 Å². The highest BCUT2D eigenvalue weighted by Gasteiger charge is 1.98. The maximum Gasteiger partial charge on any atom is 0.0141 e. The minimum atomic E-state index is 0.725. The Morgan fingerprint density at radius 3 is 3.08 bits per heavy atom. The van der Waals surface area contributed by atoms with E-state index in [1.165, 1.54) is 11.3 Å². The molecule has 1 heterocycles. The smallest absolute Gasteiger partial charge is 0.0141 e. The summed E-state index contributed by atoms with van der Waals surface area (Å²) in [4.78, 5) is 1.48. The molecule has 0 saturated carbocycles. The molecule has 74 valence electrons. The predicted octanol–water partition coefficient (Wildman–Crippen LogP) is 2.63. The van der Waals surface area contributed by atoms with E-state index in [1.807, 2.05) is 23.1 Å². The van der Waals surface area contributed by atoms with Gasteiger partial charge in [-0.2, -0.15) is 11.8 Å². The molecule has 1 N–H and O–H groups in total. The van der Waals surface area contributed by atoms with Gasteiger partial charge in [-0.15, -0.1) is 11.3 Å². The van der Waals surface area contributed by atoms with Gasteiger partial charge in [-0.3, -0.25) is 0 Å². The Morgan fingerprint density at radius 1 is 1.62 bits per heavy atom. The zero-order valence-corrected chi connectivity index (χ0v) is 9.88. The lowest BCUT2D eigenvalue weighted by molar-refractivity contribution is 0.683. The number of rotatable bonds is 6. The number of thioether (sulfide) groups is 1. The van der Waals surface area contributed by atoms with E-state index < -0.39 is 0 Å². The fourth-order valence-corrected chi connectivity index (χ4v) is 2.05. The van der Waals surface area contributed by atoms with Crippen LogP contribution in [0.2, 0.25) is 0 Å². The minimum Gasteiger partial charge on any atom is -0.315 e. The fraction of sp³-hybridized carbons (Fsp3) is 0.600. The molecule has 0 fully saturated rings. The molecule has 0 aliphatic rings. The predicted molar refractivity (Wildman–Crippen MR) is 63.9 cm³/mol. The average Bonchev–Trinajstić information content (AvgIpc) is 2.64. The van der Waals surface area contributed by atoms with E-state index >= 15 is 0 Å². The SMILES string of the molecule is CSC(C)CNCCc1cccs1. The highest BCUT2D eigenvalue weighted by Crippen LogP contribution is 2.08. The van der Waals surface area contributed by atoms with E-state index in [4.69, 9.17) is 0 Å². The van der Waals surface area contributed by atoms with Crippen molar-refractivity contribution in [1.29, 1.82) is 0 Å². The molecule has 0 saturated heterocycles. The van der Waals surface area contributed by atoms with E-state index in [2.05, 4.69) is 36.0 Å². The second-order valence-corrected chi connectivity index (χ2v) is 5.39. The minimum absolute atomic E-state index is 0.725. The van der Waals surface area contributed by atoms with Crippen molar-refractivity contribution >= 4 is 23.1 Å². The van der Waals surface area contributed by atoms with Crippen molar-refractivity contribution in [3.8, 4) is 0 Å². The van der Waals surface area contributed by atoms with Crippen LogP contribution in [0, 0.1) is 0 Å². The molecule has 0 aliphatic carbocycles. The average molecular weight is 215 g/mol. The number of nitrogens with one attached hydrogen (secondary N) is 1. The summed E-state index contributed by atoms with van der Waals surface area (Å²) >= 11 is 3.76. The molecule has 1 rings (SSSR count). The number of hydrogen-bond donors (Lipinski definition) is 1. The Balaban J connectivity index is 2.02. The van der Waals surface area contributed by atoms with Gasteiger partial charge in [0.15, 0.2) is 0 Å². The molecule has 3 heteroatoms. The highest BCUT2D eigenvalue weighted by atomic mass is 32.2. The first-order chi connectivity index (χ1) is 6.33. The van der Waals surface area contributed by atoms with Gasteiger partial charge in [0.05, 0.1) is 0 Å². The summed E-state index contributed by atoms with van der Waals surface area (Å²) < 4.78 is 0. The third-order valence-electron chi connectivity index (χ3n) is 1.96. The second-order valence-electron chi connectivity index (χ2n) is 3.08. The van der Waals surface area contributed by atoms with Crippen LogP contribution in [0.25, 0.3) is 0 Å². The molecule has 0 aromatic carbocycles. The van der Waals surface area contributed by atoms with Crippen LogP contribution in [-0.4, -0.2) is 24.6 Å². The van der Waals surface area contributed by atoms with Gasteiger partial charge >= 0.3 is 0 Å². The highest BCUT2D eigenvalue weighted by molar-refractivity contribution is 7.99. The molecule has 0 spiro atoms. The van der Waals surface area contributed by atoms with Crippen molar-refractivity contribution < 1.29 is 0 Å². The van der Waals surface area contributed by atoms with E-state index in [0.717, 1.165) is 18.3 Å². The molecule has 1 nitrogen and oxygen atoms in total. The fourth-order valence-electron chi connectivity index (χ4n) is 1.06. The molecule has 1 aromatic rings. The first kappa shape index (κ1) is 11.1. The Morgan fingerprint density at radius 2 is 2.46 bits per heavy atom. The topological polar surface area (TPSA) is 12.0 Å². The normalized spacial score (nSPS) is 13.1. The van der Waals surface area contributed by atoms with E-state index in [-0.39, 0.29) is 0 Å². The maximum absolute atomic E-state index is 3.46. The van der Waals surface area contributed by atoms with Gasteiger partial charge in [0, 0.05) is 16.7 Å². The molecular formula is C10H17NS2. The molecule has 1 aromatic heterocycles. The quantitative estimate of drug-likeness (QED) is 0.732. The lowest BCUT2D eigenvalue weighted by atomic mass is 10.3. The Hall–Kier alpha value is 0.01000. The van der Waals surface area contributed by atoms with E-state index in [9.17, 15) is 0 Å². The molecule has 13 heavy (non-hydrogen) atoms. The van der Waals surface area contributed by atoms with Crippen molar-refractivity contribution in [3.05, 3.63) is 22.4 Å². The zero-order chi connectivity index (χ0) is 9.52. The Bertz CT molecular complexity index is 209. The second kappa shape index (κ2) is 6.46. The first-order valence-electron chi connectivity index (χ1n) is 4.59. The van der Waals surface area contributed by atoms with Crippen molar-refractivity contribution in [2.75, 3.05) is 19.3 Å². The van der Waals surface area contributed by atoms with Gasteiger partial charge in [0.25, 0.3) is 0 Å². The van der Waals surface area contributed by atoms with Gasteiger partial charge in [0.1, 0.15) is 0 Å². The van der Waals surface area contributed by atoms with Crippen LogP contribution in [0.5, 0.6) is 0 Å². The van der Waals surface area contributed by atoms with E-state index in [0.29, 0.717) is 0 Å².